The molecule has 0 N–H and O–H groups in total. The van der Waals surface area contributed by atoms with Gasteiger partial charge < -0.3 is 0 Å². The lowest BCUT2D eigenvalue weighted by atomic mass is 10.2. The number of nitrogens with zero attached hydrogens (tertiary/aromatic N) is 4. The molecule has 0 unspecified atom stereocenters. The van der Waals surface area contributed by atoms with Gasteiger partial charge in [-0.2, -0.15) is 35.2 Å². The van der Waals surface area contributed by atoms with Crippen LogP contribution in [0.3, 0.4) is 0 Å². The van der Waals surface area contributed by atoms with Crippen molar-refractivity contribution in [3.63, 3.8) is 0 Å². The summed E-state index contributed by atoms with van der Waals surface area (Å²) in [6, 6.07) is 15.8. The summed E-state index contributed by atoms with van der Waals surface area (Å²) in [5.41, 5.74) is 0.850. The first-order chi connectivity index (χ1) is 13.4. The predicted molar refractivity (Wildman–Crippen MR) is 101 cm³/mol. The van der Waals surface area contributed by atoms with E-state index in [2.05, 4.69) is 10.2 Å². The molecule has 0 aliphatic heterocycles. The minimum absolute atomic E-state index is 0.104. The van der Waals surface area contributed by atoms with E-state index in [1.807, 2.05) is 0 Å². The molecule has 8 nitrogen and oxygen atoms in total. The predicted octanol–water partition coefficient (Wildman–Crippen LogP) is 2.22. The monoisotopic (exact) mass is 414 g/mol. The molecule has 2 aromatic heterocycles. The molecule has 2 aromatic carbocycles. The van der Waals surface area contributed by atoms with Crippen LogP contribution in [-0.2, 0) is 20.0 Å². The van der Waals surface area contributed by atoms with Crippen LogP contribution >= 0.6 is 0 Å². The number of aromatic nitrogens is 4. The average Bonchev–Trinajstić information content (AvgIpc) is 3.39. The van der Waals surface area contributed by atoms with Gasteiger partial charge in [0, 0.05) is 11.1 Å². The molecule has 4 rings (SSSR count). The minimum Gasteiger partial charge on any atom is -0.199 e. The molecule has 0 atom stereocenters. The summed E-state index contributed by atoms with van der Waals surface area (Å²) in [6.07, 6.45) is 5.33. The van der Waals surface area contributed by atoms with Gasteiger partial charge in [-0.3, -0.25) is 0 Å². The van der Waals surface area contributed by atoms with Crippen molar-refractivity contribution in [1.29, 1.82) is 0 Å². The van der Waals surface area contributed by atoms with Crippen molar-refractivity contribution < 1.29 is 16.8 Å². The van der Waals surface area contributed by atoms with E-state index in [9.17, 15) is 16.8 Å². The molecule has 10 heteroatoms. The van der Waals surface area contributed by atoms with E-state index >= 15 is 0 Å². The van der Waals surface area contributed by atoms with Crippen molar-refractivity contribution >= 4 is 20.0 Å². The Bertz CT molecular complexity index is 1220. The van der Waals surface area contributed by atoms with Crippen molar-refractivity contribution in [2.45, 2.75) is 9.79 Å². The summed E-state index contributed by atoms with van der Waals surface area (Å²) in [5, 5.41) is 7.82. The lowest BCUT2D eigenvalue weighted by molar-refractivity contribution is 0.578. The summed E-state index contributed by atoms with van der Waals surface area (Å²) >= 11 is 0. The number of hydrogen-bond acceptors (Lipinski definition) is 6. The van der Waals surface area contributed by atoms with Crippen LogP contribution in [0.1, 0.15) is 0 Å². The second-order valence-electron chi connectivity index (χ2n) is 5.84. The normalized spacial score (nSPS) is 12.1. The SMILES string of the molecule is O=S(=O)(c1ccccc1)n1cc(-c2cnn(S(=O)(=O)c3ccccc3)c2)cn1. The van der Waals surface area contributed by atoms with Crippen LogP contribution in [0.4, 0.5) is 0 Å². The van der Waals surface area contributed by atoms with Gasteiger partial charge in [-0.15, -0.1) is 0 Å². The van der Waals surface area contributed by atoms with Crippen molar-refractivity contribution in [1.82, 2.24) is 18.4 Å². The van der Waals surface area contributed by atoms with Gasteiger partial charge in [0.25, 0.3) is 20.0 Å². The Labute approximate surface area is 161 Å². The molecule has 2 heterocycles. The third kappa shape index (κ3) is 3.12. The van der Waals surface area contributed by atoms with Crippen LogP contribution in [-0.4, -0.2) is 35.2 Å². The first-order valence-electron chi connectivity index (χ1n) is 8.10. The molecule has 0 saturated carbocycles. The van der Waals surface area contributed by atoms with Gasteiger partial charge in [-0.05, 0) is 24.3 Å². The lowest BCUT2D eigenvalue weighted by Crippen LogP contribution is -2.13. The summed E-state index contributed by atoms with van der Waals surface area (Å²) in [4.78, 5) is 0.207. The Hall–Kier alpha value is -3.24. The molecule has 0 radical (unpaired) electrons. The Balaban J connectivity index is 1.68. The quantitative estimate of drug-likeness (QED) is 0.496. The van der Waals surface area contributed by atoms with Gasteiger partial charge in [0.1, 0.15) is 0 Å². The topological polar surface area (TPSA) is 104 Å². The highest BCUT2D eigenvalue weighted by molar-refractivity contribution is 7.90. The summed E-state index contributed by atoms with van der Waals surface area (Å²) in [7, 11) is -7.66. The molecule has 0 amide bonds. The maximum atomic E-state index is 12.6. The van der Waals surface area contributed by atoms with E-state index in [0.717, 1.165) is 8.17 Å². The largest absolute Gasteiger partial charge is 0.282 e. The van der Waals surface area contributed by atoms with E-state index in [0.29, 0.717) is 11.1 Å². The molecule has 0 fully saturated rings. The maximum absolute atomic E-state index is 12.6. The van der Waals surface area contributed by atoms with Gasteiger partial charge in [0.05, 0.1) is 34.6 Å². The van der Waals surface area contributed by atoms with Gasteiger partial charge in [0.2, 0.25) is 0 Å². The third-order valence-corrected chi connectivity index (χ3v) is 7.15. The highest BCUT2D eigenvalue weighted by Crippen LogP contribution is 2.22. The molecule has 0 aliphatic carbocycles. The highest BCUT2D eigenvalue weighted by atomic mass is 32.2. The van der Waals surface area contributed by atoms with E-state index in [-0.39, 0.29) is 9.79 Å². The zero-order valence-corrected chi connectivity index (χ0v) is 16.0. The molecule has 0 spiro atoms. The molecule has 4 aromatic rings. The molecule has 0 saturated heterocycles. The Kier molecular flexibility index (Phi) is 4.36. The fourth-order valence-electron chi connectivity index (χ4n) is 2.57. The maximum Gasteiger partial charge on any atom is 0.282 e. The molecule has 0 bridgehead atoms. The molecule has 0 aliphatic rings. The first kappa shape index (κ1) is 18.1. The summed E-state index contributed by atoms with van der Waals surface area (Å²) < 4.78 is 52.1. The average molecular weight is 414 g/mol. The van der Waals surface area contributed by atoms with Crippen LogP contribution in [0.5, 0.6) is 0 Å². The molecular formula is C18H14N4O4S2. The fourth-order valence-corrected chi connectivity index (χ4v) is 4.85. The highest BCUT2D eigenvalue weighted by Gasteiger charge is 2.21. The number of rotatable bonds is 5. The molecule has 142 valence electrons. The Morgan fingerprint density at radius 3 is 1.29 bits per heavy atom. The van der Waals surface area contributed by atoms with Gasteiger partial charge in [-0.25, -0.2) is 0 Å². The zero-order chi connectivity index (χ0) is 19.8. The summed E-state index contributed by atoms with van der Waals surface area (Å²) in [5.74, 6) is 0. The van der Waals surface area contributed by atoms with Crippen LogP contribution < -0.4 is 0 Å². The second kappa shape index (κ2) is 6.73. The number of hydrogen-bond donors (Lipinski definition) is 0. The lowest BCUT2D eigenvalue weighted by Gasteiger charge is -2.03. The Morgan fingerprint density at radius 2 is 0.929 bits per heavy atom. The number of benzene rings is 2. The van der Waals surface area contributed by atoms with Crippen LogP contribution in [0.25, 0.3) is 11.1 Å². The first-order valence-corrected chi connectivity index (χ1v) is 11.0. The summed E-state index contributed by atoms with van der Waals surface area (Å²) in [6.45, 7) is 0. The van der Waals surface area contributed by atoms with Gasteiger partial charge in [0.15, 0.2) is 0 Å². The van der Waals surface area contributed by atoms with E-state index in [1.165, 1.54) is 49.1 Å². The van der Waals surface area contributed by atoms with E-state index in [1.54, 1.807) is 36.4 Å². The van der Waals surface area contributed by atoms with Gasteiger partial charge in [-0.1, -0.05) is 36.4 Å². The van der Waals surface area contributed by atoms with Crippen LogP contribution in [0.15, 0.2) is 95.2 Å². The van der Waals surface area contributed by atoms with Crippen molar-refractivity contribution in [3.05, 3.63) is 85.5 Å². The van der Waals surface area contributed by atoms with E-state index < -0.39 is 20.0 Å². The van der Waals surface area contributed by atoms with Crippen molar-refractivity contribution in [3.8, 4) is 11.1 Å². The van der Waals surface area contributed by atoms with Crippen molar-refractivity contribution in [2.75, 3.05) is 0 Å². The second-order valence-corrected chi connectivity index (χ2v) is 9.43. The molecular weight excluding hydrogens is 400 g/mol. The smallest absolute Gasteiger partial charge is 0.199 e. The fraction of sp³-hybridized carbons (Fsp3) is 0. The zero-order valence-electron chi connectivity index (χ0n) is 14.3. The van der Waals surface area contributed by atoms with E-state index in [4.69, 9.17) is 0 Å². The van der Waals surface area contributed by atoms with Crippen LogP contribution in [0.2, 0.25) is 0 Å². The minimum atomic E-state index is -3.83. The van der Waals surface area contributed by atoms with Gasteiger partial charge >= 0.3 is 0 Å². The van der Waals surface area contributed by atoms with Crippen molar-refractivity contribution in [2.24, 2.45) is 0 Å². The third-order valence-electron chi connectivity index (χ3n) is 4.03. The van der Waals surface area contributed by atoms with Crippen LogP contribution in [0, 0.1) is 0 Å². The standard InChI is InChI=1S/C18H14N4O4S2/c23-27(24,17-7-3-1-4-8-17)21-13-15(11-19-21)16-12-20-22(14-16)28(25,26)18-9-5-2-6-10-18/h1-14H. The molecule has 28 heavy (non-hydrogen) atoms. The Morgan fingerprint density at radius 1 is 0.571 bits per heavy atom.